The van der Waals surface area contributed by atoms with Crippen molar-refractivity contribution in [3.05, 3.63) is 46.4 Å². The highest BCUT2D eigenvalue weighted by Gasteiger charge is 2.10. The van der Waals surface area contributed by atoms with Gasteiger partial charge in [0.25, 0.3) is 0 Å². The summed E-state index contributed by atoms with van der Waals surface area (Å²) in [5, 5.41) is 19.1. The Balaban J connectivity index is 4.82. The van der Waals surface area contributed by atoms with Gasteiger partial charge in [-0.1, -0.05) is 12.7 Å². The molecular weight excluding hydrogens is 146 g/mol. The van der Waals surface area contributed by atoms with Crippen LogP contribution < -0.4 is 0 Å². The Morgan fingerprint density at radius 2 is 2.27 bits per heavy atom. The molecule has 0 aromatic carbocycles. The van der Waals surface area contributed by atoms with E-state index in [2.05, 4.69) is 6.58 Å². The second kappa shape index (κ2) is 4.27. The predicted octanol–water partition coefficient (Wildman–Crippen LogP) is 1.79. The van der Waals surface area contributed by atoms with Crippen LogP contribution in [-0.4, -0.2) is 10.0 Å². The van der Waals surface area contributed by atoms with Crippen molar-refractivity contribution in [3.63, 3.8) is 0 Å². The Hall–Kier alpha value is -1.58. The molecule has 0 atom stereocenters. The van der Waals surface area contributed by atoms with Crippen molar-refractivity contribution in [1.82, 2.24) is 0 Å². The largest absolute Gasteiger partial charge is 0.502 e. The van der Waals surface area contributed by atoms with E-state index < -0.39 is 4.92 Å². The van der Waals surface area contributed by atoms with Gasteiger partial charge in [0.15, 0.2) is 5.76 Å². The van der Waals surface area contributed by atoms with Crippen LogP contribution in [0.5, 0.6) is 0 Å². The highest BCUT2D eigenvalue weighted by atomic mass is 16.6. The maximum absolute atomic E-state index is 10.1. The number of aliphatic hydroxyl groups excluding tert-OH is 1. The van der Waals surface area contributed by atoms with Crippen LogP contribution in [0.1, 0.15) is 6.92 Å². The highest BCUT2D eigenvalue weighted by molar-refractivity contribution is 5.20. The summed E-state index contributed by atoms with van der Waals surface area (Å²) in [6.07, 6.45) is 3.73. The van der Waals surface area contributed by atoms with Crippen molar-refractivity contribution in [2.75, 3.05) is 0 Å². The van der Waals surface area contributed by atoms with Crippen LogP contribution >= 0.6 is 0 Å². The Bertz CT molecular complexity index is 228. The van der Waals surface area contributed by atoms with Crippen molar-refractivity contribution >= 4 is 0 Å². The van der Waals surface area contributed by atoms with Gasteiger partial charge in [-0.3, -0.25) is 10.1 Å². The van der Waals surface area contributed by atoms with E-state index in [0.717, 1.165) is 6.08 Å². The van der Waals surface area contributed by atoms with Gasteiger partial charge >= 0.3 is 5.70 Å². The Morgan fingerprint density at radius 1 is 1.73 bits per heavy atom. The van der Waals surface area contributed by atoms with Gasteiger partial charge in [0, 0.05) is 6.08 Å². The number of aliphatic hydroxyl groups is 1. The van der Waals surface area contributed by atoms with E-state index in [0.29, 0.717) is 0 Å². The van der Waals surface area contributed by atoms with E-state index in [1.54, 1.807) is 6.92 Å². The van der Waals surface area contributed by atoms with E-state index >= 15 is 0 Å². The minimum atomic E-state index is -0.692. The molecule has 11 heavy (non-hydrogen) atoms. The summed E-state index contributed by atoms with van der Waals surface area (Å²) in [5.41, 5.74) is -0.386. The number of rotatable bonds is 3. The summed E-state index contributed by atoms with van der Waals surface area (Å²) in [6.45, 7) is 4.84. The first-order valence-electron chi connectivity index (χ1n) is 2.96. The molecule has 0 aromatic rings. The lowest BCUT2D eigenvalue weighted by atomic mass is 10.3. The number of nitro groups is 1. The lowest BCUT2D eigenvalue weighted by Crippen LogP contribution is -1.98. The molecule has 0 aliphatic carbocycles. The molecule has 0 saturated heterocycles. The second-order valence-corrected chi connectivity index (χ2v) is 1.73. The Kier molecular flexibility index (Phi) is 3.66. The van der Waals surface area contributed by atoms with Crippen LogP contribution in [0.4, 0.5) is 0 Å². The van der Waals surface area contributed by atoms with Crippen LogP contribution in [0, 0.1) is 10.1 Å². The maximum Gasteiger partial charge on any atom is 0.310 e. The number of allylic oxidation sites excluding steroid dienone is 3. The van der Waals surface area contributed by atoms with Crippen LogP contribution in [0.25, 0.3) is 0 Å². The molecule has 4 heteroatoms. The minimum absolute atomic E-state index is 0.382. The molecule has 0 amide bonds. The maximum atomic E-state index is 10.1. The average molecular weight is 155 g/mol. The molecule has 4 nitrogen and oxygen atoms in total. The standard InChI is InChI=1S/C7H9NO3/c1-3-5-7(9)6(4-2)8(10)11/h3-5,9H,2H2,1H3/b5-3-,7-6-. The van der Waals surface area contributed by atoms with E-state index in [9.17, 15) is 10.1 Å². The molecule has 0 saturated carbocycles. The zero-order valence-corrected chi connectivity index (χ0v) is 6.15. The van der Waals surface area contributed by atoms with Crippen molar-refractivity contribution in [1.29, 1.82) is 0 Å². The van der Waals surface area contributed by atoms with Crippen LogP contribution in [0.3, 0.4) is 0 Å². The third-order valence-corrected chi connectivity index (χ3v) is 0.977. The van der Waals surface area contributed by atoms with Gasteiger partial charge in [-0.15, -0.1) is 0 Å². The summed E-state index contributed by atoms with van der Waals surface area (Å²) in [7, 11) is 0. The Labute approximate surface area is 64.3 Å². The topological polar surface area (TPSA) is 63.4 Å². The van der Waals surface area contributed by atoms with Crippen LogP contribution in [0.2, 0.25) is 0 Å². The lowest BCUT2D eigenvalue weighted by molar-refractivity contribution is -0.421. The van der Waals surface area contributed by atoms with E-state index in [1.807, 2.05) is 0 Å². The molecule has 0 unspecified atom stereocenters. The fourth-order valence-corrected chi connectivity index (χ4v) is 0.516. The molecule has 60 valence electrons. The van der Waals surface area contributed by atoms with Crippen molar-refractivity contribution in [3.8, 4) is 0 Å². The number of nitrogens with zero attached hydrogens (tertiary/aromatic N) is 1. The summed E-state index contributed by atoms with van der Waals surface area (Å²) in [6, 6.07) is 0. The van der Waals surface area contributed by atoms with E-state index in [-0.39, 0.29) is 11.5 Å². The summed E-state index contributed by atoms with van der Waals surface area (Å²) in [5.74, 6) is -0.382. The van der Waals surface area contributed by atoms with Gasteiger partial charge in [-0.25, -0.2) is 0 Å². The molecule has 0 rings (SSSR count). The number of hydrogen-bond donors (Lipinski definition) is 1. The first-order chi connectivity index (χ1) is 5.13. The smallest absolute Gasteiger partial charge is 0.310 e. The predicted molar refractivity (Wildman–Crippen MR) is 41.7 cm³/mol. The van der Waals surface area contributed by atoms with Gasteiger partial charge in [-0.05, 0) is 13.0 Å². The first kappa shape index (κ1) is 9.42. The zero-order chi connectivity index (χ0) is 8.85. The quantitative estimate of drug-likeness (QED) is 0.292. The fourth-order valence-electron chi connectivity index (χ4n) is 0.516. The minimum Gasteiger partial charge on any atom is -0.502 e. The van der Waals surface area contributed by atoms with Gasteiger partial charge in [0.1, 0.15) is 0 Å². The molecular formula is C7H9NO3. The summed E-state index contributed by atoms with van der Waals surface area (Å²) < 4.78 is 0. The number of hydrogen-bond acceptors (Lipinski definition) is 3. The first-order valence-corrected chi connectivity index (χ1v) is 2.96. The molecule has 0 aromatic heterocycles. The third kappa shape index (κ3) is 2.66. The average Bonchev–Trinajstić information content (AvgIpc) is 1.88. The Morgan fingerprint density at radius 3 is 2.55 bits per heavy atom. The molecule has 0 aliphatic heterocycles. The lowest BCUT2D eigenvalue weighted by Gasteiger charge is -1.91. The van der Waals surface area contributed by atoms with E-state index in [1.165, 1.54) is 12.2 Å². The molecule has 0 spiro atoms. The monoisotopic (exact) mass is 155 g/mol. The van der Waals surface area contributed by atoms with Crippen molar-refractivity contribution in [2.45, 2.75) is 6.92 Å². The second-order valence-electron chi connectivity index (χ2n) is 1.73. The van der Waals surface area contributed by atoms with Gasteiger partial charge in [0.2, 0.25) is 0 Å². The van der Waals surface area contributed by atoms with Gasteiger partial charge < -0.3 is 5.11 Å². The zero-order valence-electron chi connectivity index (χ0n) is 6.15. The fraction of sp³-hybridized carbons (Fsp3) is 0.143. The van der Waals surface area contributed by atoms with Crippen LogP contribution in [0.15, 0.2) is 36.3 Å². The molecule has 0 heterocycles. The van der Waals surface area contributed by atoms with Gasteiger partial charge in [-0.2, -0.15) is 0 Å². The van der Waals surface area contributed by atoms with Crippen molar-refractivity contribution < 1.29 is 10.0 Å². The summed E-state index contributed by atoms with van der Waals surface area (Å²) in [4.78, 5) is 9.44. The van der Waals surface area contributed by atoms with Crippen LogP contribution in [-0.2, 0) is 0 Å². The molecule has 1 N–H and O–H groups in total. The SMILES string of the molecule is C=C/C(=C(O)\C=C/C)[N+](=O)[O-]. The van der Waals surface area contributed by atoms with E-state index in [4.69, 9.17) is 5.11 Å². The molecule has 0 fully saturated rings. The molecule has 0 bridgehead atoms. The molecule has 0 radical (unpaired) electrons. The molecule has 0 aliphatic rings. The summed E-state index contributed by atoms with van der Waals surface area (Å²) >= 11 is 0. The van der Waals surface area contributed by atoms with Crippen molar-refractivity contribution in [2.24, 2.45) is 0 Å². The third-order valence-electron chi connectivity index (χ3n) is 0.977. The highest BCUT2D eigenvalue weighted by Crippen LogP contribution is 2.04. The van der Waals surface area contributed by atoms with Gasteiger partial charge in [0.05, 0.1) is 4.92 Å². The normalized spacial score (nSPS) is 12.8.